The standard InChI is InChI=1S/C11H20N4O3/c1-8(12)13-4-2-3-9-11(18)15(6-5-14-9)7-10(16)17/h9,14H,2-7H2,1H3,(H2,12,13)(H,16,17). The number of nitrogens with zero attached hydrogens (tertiary/aromatic N) is 2. The number of piperazine rings is 1. The number of hydrogen-bond donors (Lipinski definition) is 3. The average Bonchev–Trinajstić information content (AvgIpc) is 2.28. The largest absolute Gasteiger partial charge is 0.480 e. The van der Waals surface area contributed by atoms with Crippen molar-refractivity contribution in [3.8, 4) is 0 Å². The third kappa shape index (κ3) is 4.70. The minimum absolute atomic E-state index is 0.142. The van der Waals surface area contributed by atoms with E-state index in [4.69, 9.17) is 10.8 Å². The van der Waals surface area contributed by atoms with E-state index in [0.717, 1.165) is 6.42 Å². The molecule has 1 heterocycles. The second-order valence-electron chi connectivity index (χ2n) is 4.33. The van der Waals surface area contributed by atoms with Gasteiger partial charge in [-0.1, -0.05) is 0 Å². The van der Waals surface area contributed by atoms with Crippen molar-refractivity contribution in [2.75, 3.05) is 26.2 Å². The van der Waals surface area contributed by atoms with Gasteiger partial charge in [0.25, 0.3) is 0 Å². The normalized spacial score (nSPS) is 21.2. The Morgan fingerprint density at radius 2 is 2.39 bits per heavy atom. The molecule has 1 aliphatic rings. The topological polar surface area (TPSA) is 108 Å². The monoisotopic (exact) mass is 256 g/mol. The second kappa shape index (κ2) is 6.95. The van der Waals surface area contributed by atoms with Crippen LogP contribution < -0.4 is 11.1 Å². The van der Waals surface area contributed by atoms with Crippen LogP contribution in [0.5, 0.6) is 0 Å². The molecule has 7 heteroatoms. The minimum atomic E-state index is -0.979. The zero-order valence-electron chi connectivity index (χ0n) is 10.6. The molecule has 7 nitrogen and oxygen atoms in total. The third-order valence-corrected chi connectivity index (χ3v) is 2.72. The van der Waals surface area contributed by atoms with Crippen LogP contribution >= 0.6 is 0 Å². The van der Waals surface area contributed by atoms with Gasteiger partial charge in [-0.15, -0.1) is 0 Å². The first-order chi connectivity index (χ1) is 8.50. The number of amides is 1. The number of carbonyl (C=O) groups is 2. The molecule has 0 aliphatic carbocycles. The maximum Gasteiger partial charge on any atom is 0.323 e. The van der Waals surface area contributed by atoms with Crippen molar-refractivity contribution in [3.63, 3.8) is 0 Å². The van der Waals surface area contributed by atoms with Gasteiger partial charge in [0, 0.05) is 19.6 Å². The first-order valence-electron chi connectivity index (χ1n) is 6.01. The summed E-state index contributed by atoms with van der Waals surface area (Å²) in [6.45, 7) is 3.16. The highest BCUT2D eigenvalue weighted by molar-refractivity contribution is 5.86. The minimum Gasteiger partial charge on any atom is -0.480 e. The van der Waals surface area contributed by atoms with E-state index in [0.29, 0.717) is 31.9 Å². The molecule has 0 spiro atoms. The molecule has 18 heavy (non-hydrogen) atoms. The number of carbonyl (C=O) groups excluding carboxylic acids is 1. The number of nitrogens with one attached hydrogen (secondary N) is 1. The highest BCUT2D eigenvalue weighted by atomic mass is 16.4. The lowest BCUT2D eigenvalue weighted by Crippen LogP contribution is -2.56. The summed E-state index contributed by atoms with van der Waals surface area (Å²) in [5, 5.41) is 11.8. The fraction of sp³-hybridized carbons (Fsp3) is 0.727. The van der Waals surface area contributed by atoms with Gasteiger partial charge < -0.3 is 21.1 Å². The van der Waals surface area contributed by atoms with Gasteiger partial charge in [0.05, 0.1) is 11.9 Å². The molecule has 0 aromatic rings. The lowest BCUT2D eigenvalue weighted by Gasteiger charge is -2.32. The van der Waals surface area contributed by atoms with Gasteiger partial charge in [-0.3, -0.25) is 14.6 Å². The fourth-order valence-electron chi connectivity index (χ4n) is 1.89. The van der Waals surface area contributed by atoms with Crippen LogP contribution in [0.2, 0.25) is 0 Å². The SMILES string of the molecule is CC(N)=NCCCC1NCCN(CC(=O)O)C1=O. The number of carboxylic acid groups (broad SMARTS) is 1. The zero-order chi connectivity index (χ0) is 13.5. The smallest absolute Gasteiger partial charge is 0.323 e. The molecule has 0 saturated carbocycles. The van der Waals surface area contributed by atoms with Crippen LogP contribution in [0.1, 0.15) is 19.8 Å². The van der Waals surface area contributed by atoms with Crippen LogP contribution in [-0.4, -0.2) is 59.9 Å². The molecule has 1 unspecified atom stereocenters. The van der Waals surface area contributed by atoms with Crippen molar-refractivity contribution >= 4 is 17.7 Å². The Bertz CT molecular complexity index is 339. The Morgan fingerprint density at radius 3 is 3.00 bits per heavy atom. The highest BCUT2D eigenvalue weighted by Gasteiger charge is 2.28. The summed E-state index contributed by atoms with van der Waals surface area (Å²) in [5.74, 6) is -0.588. The molecule has 1 rings (SSSR count). The maximum absolute atomic E-state index is 11.9. The average molecular weight is 256 g/mol. The Balaban J connectivity index is 2.38. The number of aliphatic imine (C=N–C) groups is 1. The summed E-state index contributed by atoms with van der Waals surface area (Å²) >= 11 is 0. The van der Waals surface area contributed by atoms with Crippen molar-refractivity contribution in [1.82, 2.24) is 10.2 Å². The predicted octanol–water partition coefficient (Wildman–Crippen LogP) is -0.971. The number of aliphatic carboxylic acids is 1. The van der Waals surface area contributed by atoms with Gasteiger partial charge in [0.15, 0.2) is 0 Å². The molecule has 1 fully saturated rings. The molecule has 0 aromatic heterocycles. The zero-order valence-corrected chi connectivity index (χ0v) is 10.6. The summed E-state index contributed by atoms with van der Waals surface area (Å²) in [6.07, 6.45) is 1.39. The Kier molecular flexibility index (Phi) is 5.57. The first kappa shape index (κ1) is 14.4. The Hall–Kier alpha value is -1.63. The number of nitrogens with two attached hydrogens (primary N) is 1. The molecule has 1 aliphatic heterocycles. The fourth-order valence-corrected chi connectivity index (χ4v) is 1.89. The summed E-state index contributed by atoms with van der Waals surface area (Å²) in [6, 6.07) is -0.300. The summed E-state index contributed by atoms with van der Waals surface area (Å²) < 4.78 is 0. The number of carboxylic acids is 1. The highest BCUT2D eigenvalue weighted by Crippen LogP contribution is 2.07. The van der Waals surface area contributed by atoms with Crippen molar-refractivity contribution in [3.05, 3.63) is 0 Å². The van der Waals surface area contributed by atoms with Gasteiger partial charge in [-0.25, -0.2) is 0 Å². The van der Waals surface area contributed by atoms with Crippen LogP contribution in [0, 0.1) is 0 Å². The molecular weight excluding hydrogens is 236 g/mol. The van der Waals surface area contributed by atoms with Crippen LogP contribution in [0.4, 0.5) is 0 Å². The Morgan fingerprint density at radius 1 is 1.67 bits per heavy atom. The van der Waals surface area contributed by atoms with E-state index in [1.165, 1.54) is 4.90 Å². The van der Waals surface area contributed by atoms with Crippen molar-refractivity contribution in [2.24, 2.45) is 10.7 Å². The number of hydrogen-bond acceptors (Lipinski definition) is 4. The lowest BCUT2D eigenvalue weighted by atomic mass is 10.1. The van der Waals surface area contributed by atoms with Gasteiger partial charge in [-0.2, -0.15) is 0 Å². The lowest BCUT2D eigenvalue weighted by molar-refractivity contribution is -0.146. The van der Waals surface area contributed by atoms with Crippen LogP contribution in [-0.2, 0) is 9.59 Å². The van der Waals surface area contributed by atoms with Gasteiger partial charge in [0.2, 0.25) is 5.91 Å². The van der Waals surface area contributed by atoms with Gasteiger partial charge >= 0.3 is 5.97 Å². The van der Waals surface area contributed by atoms with E-state index in [9.17, 15) is 9.59 Å². The van der Waals surface area contributed by atoms with E-state index >= 15 is 0 Å². The number of rotatable bonds is 6. The van der Waals surface area contributed by atoms with E-state index in [2.05, 4.69) is 10.3 Å². The van der Waals surface area contributed by atoms with Crippen LogP contribution in [0.25, 0.3) is 0 Å². The van der Waals surface area contributed by atoms with E-state index < -0.39 is 5.97 Å². The van der Waals surface area contributed by atoms with Gasteiger partial charge in [0.1, 0.15) is 6.54 Å². The molecule has 0 radical (unpaired) electrons. The van der Waals surface area contributed by atoms with Gasteiger partial charge in [-0.05, 0) is 19.8 Å². The summed E-state index contributed by atoms with van der Waals surface area (Å²) in [4.78, 5) is 28.0. The van der Waals surface area contributed by atoms with Crippen molar-refractivity contribution < 1.29 is 14.7 Å². The van der Waals surface area contributed by atoms with Crippen molar-refractivity contribution in [2.45, 2.75) is 25.8 Å². The molecule has 1 atom stereocenters. The third-order valence-electron chi connectivity index (χ3n) is 2.72. The molecule has 0 bridgehead atoms. The van der Waals surface area contributed by atoms with E-state index in [-0.39, 0.29) is 18.5 Å². The molecule has 1 amide bonds. The maximum atomic E-state index is 11.9. The first-order valence-corrected chi connectivity index (χ1v) is 6.01. The van der Waals surface area contributed by atoms with Crippen molar-refractivity contribution in [1.29, 1.82) is 0 Å². The quantitative estimate of drug-likeness (QED) is 0.322. The molecule has 1 saturated heterocycles. The molecule has 0 aromatic carbocycles. The van der Waals surface area contributed by atoms with Crippen LogP contribution in [0.3, 0.4) is 0 Å². The van der Waals surface area contributed by atoms with E-state index in [1.54, 1.807) is 6.92 Å². The summed E-state index contributed by atoms with van der Waals surface area (Å²) in [5.41, 5.74) is 5.41. The molecule has 4 N–H and O–H groups in total. The predicted molar refractivity (Wildman–Crippen MR) is 67.4 cm³/mol. The molecule has 102 valence electrons. The second-order valence-corrected chi connectivity index (χ2v) is 4.33. The number of amidine groups is 1. The summed E-state index contributed by atoms with van der Waals surface area (Å²) in [7, 11) is 0. The Labute approximate surface area is 106 Å². The molecular formula is C11H20N4O3. The van der Waals surface area contributed by atoms with E-state index in [1.807, 2.05) is 0 Å². The van der Waals surface area contributed by atoms with Crippen LogP contribution in [0.15, 0.2) is 4.99 Å².